The number of nitrogens with zero attached hydrogens (tertiary/aromatic N) is 4. The fourth-order valence-corrected chi connectivity index (χ4v) is 3.37. The van der Waals surface area contributed by atoms with E-state index in [-0.39, 0.29) is 5.91 Å². The molecule has 0 atom stereocenters. The van der Waals surface area contributed by atoms with Crippen LogP contribution in [0.4, 0.5) is 17.3 Å². The van der Waals surface area contributed by atoms with Gasteiger partial charge in [-0.15, -0.1) is 0 Å². The molecule has 0 aliphatic carbocycles. The van der Waals surface area contributed by atoms with Gasteiger partial charge in [0.05, 0.1) is 30.2 Å². The second-order valence-corrected chi connectivity index (χ2v) is 6.54. The summed E-state index contributed by atoms with van der Waals surface area (Å²) in [6, 6.07) is 7.84. The van der Waals surface area contributed by atoms with Gasteiger partial charge < -0.3 is 19.9 Å². The van der Waals surface area contributed by atoms with Crippen molar-refractivity contribution in [3.63, 3.8) is 0 Å². The molecule has 0 spiro atoms. The van der Waals surface area contributed by atoms with Crippen LogP contribution in [0.15, 0.2) is 36.7 Å². The number of amides is 1. The predicted octanol–water partition coefficient (Wildman–Crippen LogP) is 2.17. The van der Waals surface area contributed by atoms with Crippen LogP contribution in [0.1, 0.15) is 23.2 Å². The van der Waals surface area contributed by atoms with Crippen molar-refractivity contribution in [2.24, 2.45) is 0 Å². The zero-order valence-corrected chi connectivity index (χ0v) is 14.7. The molecule has 2 aliphatic heterocycles. The summed E-state index contributed by atoms with van der Waals surface area (Å²) in [7, 11) is 0. The van der Waals surface area contributed by atoms with Crippen LogP contribution in [0.2, 0.25) is 0 Å². The number of ether oxygens (including phenoxy) is 1. The molecule has 136 valence electrons. The van der Waals surface area contributed by atoms with E-state index >= 15 is 0 Å². The number of benzene rings is 1. The van der Waals surface area contributed by atoms with E-state index < -0.39 is 0 Å². The van der Waals surface area contributed by atoms with Gasteiger partial charge in [-0.2, -0.15) is 0 Å². The van der Waals surface area contributed by atoms with Gasteiger partial charge in [0.1, 0.15) is 0 Å². The van der Waals surface area contributed by atoms with Crippen LogP contribution in [0.25, 0.3) is 0 Å². The van der Waals surface area contributed by atoms with Crippen molar-refractivity contribution in [1.29, 1.82) is 0 Å². The Hall–Kier alpha value is -2.67. The third kappa shape index (κ3) is 3.62. The molecule has 0 saturated carbocycles. The summed E-state index contributed by atoms with van der Waals surface area (Å²) >= 11 is 0. The topological polar surface area (TPSA) is 70.6 Å². The maximum absolute atomic E-state index is 12.6. The Kier molecular flexibility index (Phi) is 4.97. The average Bonchev–Trinajstić information content (AvgIpc) is 3.24. The van der Waals surface area contributed by atoms with Crippen LogP contribution >= 0.6 is 0 Å². The summed E-state index contributed by atoms with van der Waals surface area (Å²) in [5.74, 6) is 0.506. The number of hydrogen-bond donors (Lipinski definition) is 1. The molecule has 7 nitrogen and oxygen atoms in total. The van der Waals surface area contributed by atoms with Gasteiger partial charge >= 0.3 is 0 Å². The van der Waals surface area contributed by atoms with Gasteiger partial charge in [-0.3, -0.25) is 4.79 Å². The van der Waals surface area contributed by atoms with Crippen LogP contribution in [-0.4, -0.2) is 55.3 Å². The molecule has 26 heavy (non-hydrogen) atoms. The van der Waals surface area contributed by atoms with E-state index in [9.17, 15) is 4.79 Å². The molecule has 2 aliphatic rings. The second kappa shape index (κ2) is 7.70. The Morgan fingerprint density at radius 1 is 0.962 bits per heavy atom. The third-order valence-electron chi connectivity index (χ3n) is 4.79. The lowest BCUT2D eigenvalue weighted by Crippen LogP contribution is -2.36. The number of rotatable bonds is 4. The highest BCUT2D eigenvalue weighted by Gasteiger charge is 2.18. The van der Waals surface area contributed by atoms with E-state index in [1.807, 2.05) is 24.3 Å². The molecule has 2 saturated heterocycles. The predicted molar refractivity (Wildman–Crippen MR) is 101 cm³/mol. The quantitative estimate of drug-likeness (QED) is 0.908. The van der Waals surface area contributed by atoms with Crippen LogP contribution in [0, 0.1) is 0 Å². The summed E-state index contributed by atoms with van der Waals surface area (Å²) in [5, 5.41) is 3.00. The highest BCUT2D eigenvalue weighted by Crippen LogP contribution is 2.26. The highest BCUT2D eigenvalue weighted by molar-refractivity contribution is 6.05. The highest BCUT2D eigenvalue weighted by atomic mass is 16.5. The maximum Gasteiger partial charge on any atom is 0.258 e. The van der Waals surface area contributed by atoms with Gasteiger partial charge in [0.15, 0.2) is 0 Å². The summed E-state index contributed by atoms with van der Waals surface area (Å²) in [4.78, 5) is 25.7. The summed E-state index contributed by atoms with van der Waals surface area (Å²) < 4.78 is 5.42. The van der Waals surface area contributed by atoms with E-state index in [2.05, 4.69) is 25.1 Å². The molecule has 2 aromatic rings. The van der Waals surface area contributed by atoms with E-state index in [0.717, 1.165) is 37.6 Å². The largest absolute Gasteiger partial charge is 0.378 e. The number of aromatic nitrogens is 2. The fraction of sp³-hybridized carbons (Fsp3) is 0.421. The molecule has 2 fully saturated rings. The number of morpholine rings is 1. The number of anilines is 3. The molecule has 1 aromatic heterocycles. The van der Waals surface area contributed by atoms with Crippen molar-refractivity contribution in [1.82, 2.24) is 9.97 Å². The SMILES string of the molecule is O=C(Nc1ccccc1N1CCOCC1)c1cnc(N2CCCC2)nc1. The second-order valence-electron chi connectivity index (χ2n) is 6.54. The lowest BCUT2D eigenvalue weighted by molar-refractivity contribution is 0.102. The number of hydrogen-bond acceptors (Lipinski definition) is 6. The van der Waals surface area contributed by atoms with Crippen LogP contribution < -0.4 is 15.1 Å². The van der Waals surface area contributed by atoms with Gasteiger partial charge in [-0.05, 0) is 25.0 Å². The number of carbonyl (C=O) groups is 1. The van der Waals surface area contributed by atoms with E-state index in [1.54, 1.807) is 12.4 Å². The molecule has 0 unspecified atom stereocenters. The Labute approximate surface area is 153 Å². The van der Waals surface area contributed by atoms with Crippen molar-refractivity contribution in [2.75, 3.05) is 54.5 Å². The van der Waals surface area contributed by atoms with Gasteiger partial charge in [0.2, 0.25) is 5.95 Å². The van der Waals surface area contributed by atoms with Crippen molar-refractivity contribution in [3.05, 3.63) is 42.2 Å². The summed E-state index contributed by atoms with van der Waals surface area (Å²) in [6.07, 6.45) is 5.55. The molecular weight excluding hydrogens is 330 g/mol. The molecule has 4 rings (SSSR count). The van der Waals surface area contributed by atoms with Gasteiger partial charge in [-0.1, -0.05) is 12.1 Å². The Bertz CT molecular complexity index is 753. The molecule has 3 heterocycles. The summed E-state index contributed by atoms with van der Waals surface area (Å²) in [6.45, 7) is 5.01. The summed E-state index contributed by atoms with van der Waals surface area (Å²) in [5.41, 5.74) is 2.27. The zero-order valence-electron chi connectivity index (χ0n) is 14.7. The smallest absolute Gasteiger partial charge is 0.258 e. The van der Waals surface area contributed by atoms with Gasteiger partial charge in [0.25, 0.3) is 5.91 Å². The standard InChI is InChI=1S/C19H23N5O2/c25-18(15-13-20-19(21-14-15)24-7-3-4-8-24)22-16-5-1-2-6-17(16)23-9-11-26-12-10-23/h1-2,5-6,13-14H,3-4,7-12H2,(H,22,25). The molecule has 0 radical (unpaired) electrons. The molecule has 1 amide bonds. The monoisotopic (exact) mass is 353 g/mol. The Morgan fingerprint density at radius 2 is 1.65 bits per heavy atom. The molecule has 0 bridgehead atoms. The van der Waals surface area contributed by atoms with Crippen molar-refractivity contribution in [2.45, 2.75) is 12.8 Å². The van der Waals surface area contributed by atoms with Crippen LogP contribution in [0.5, 0.6) is 0 Å². The van der Waals surface area contributed by atoms with Gasteiger partial charge in [0, 0.05) is 38.6 Å². The molecule has 7 heteroatoms. The normalized spacial score (nSPS) is 17.4. The van der Waals surface area contributed by atoms with E-state index in [1.165, 1.54) is 12.8 Å². The van der Waals surface area contributed by atoms with Crippen molar-refractivity contribution < 1.29 is 9.53 Å². The van der Waals surface area contributed by atoms with Crippen LogP contribution in [0.3, 0.4) is 0 Å². The molecule has 1 aromatic carbocycles. The zero-order chi connectivity index (χ0) is 17.8. The first-order valence-corrected chi connectivity index (χ1v) is 9.11. The minimum absolute atomic E-state index is 0.196. The van der Waals surface area contributed by atoms with E-state index in [0.29, 0.717) is 24.7 Å². The third-order valence-corrected chi connectivity index (χ3v) is 4.79. The minimum Gasteiger partial charge on any atom is -0.378 e. The first-order valence-electron chi connectivity index (χ1n) is 9.11. The lowest BCUT2D eigenvalue weighted by atomic mass is 10.2. The van der Waals surface area contributed by atoms with Crippen molar-refractivity contribution >= 4 is 23.2 Å². The Balaban J connectivity index is 1.47. The lowest BCUT2D eigenvalue weighted by Gasteiger charge is -2.30. The molecule has 1 N–H and O–H groups in total. The average molecular weight is 353 g/mol. The fourth-order valence-electron chi connectivity index (χ4n) is 3.37. The number of nitrogens with one attached hydrogen (secondary N) is 1. The maximum atomic E-state index is 12.6. The molecular formula is C19H23N5O2. The van der Waals surface area contributed by atoms with Crippen molar-refractivity contribution in [3.8, 4) is 0 Å². The number of carbonyl (C=O) groups excluding carboxylic acids is 1. The minimum atomic E-state index is -0.196. The first-order chi connectivity index (χ1) is 12.8. The van der Waals surface area contributed by atoms with Crippen LogP contribution in [-0.2, 0) is 4.74 Å². The first kappa shape index (κ1) is 16.8. The van der Waals surface area contributed by atoms with Gasteiger partial charge in [-0.25, -0.2) is 9.97 Å². The van der Waals surface area contributed by atoms with E-state index in [4.69, 9.17) is 4.74 Å². The number of para-hydroxylation sites is 2. The Morgan fingerprint density at radius 3 is 2.38 bits per heavy atom.